The molecule has 6 heteroatoms. The lowest BCUT2D eigenvalue weighted by Gasteiger charge is -2.42. The predicted octanol–water partition coefficient (Wildman–Crippen LogP) is 2.77. The number of hydrogen-bond donors (Lipinski definition) is 2. The largest absolute Gasteiger partial charge is 0.493 e. The molecule has 4 unspecified atom stereocenters. The first-order valence-electron chi connectivity index (χ1n) is 9.14. The van der Waals surface area contributed by atoms with E-state index in [0.29, 0.717) is 30.4 Å². The maximum atomic E-state index is 13.0. The van der Waals surface area contributed by atoms with Crippen molar-refractivity contribution in [1.82, 2.24) is 10.6 Å². The highest BCUT2D eigenvalue weighted by Gasteiger charge is 2.40. The van der Waals surface area contributed by atoms with Gasteiger partial charge in [-0.15, -0.1) is 0 Å². The molecule has 4 atom stereocenters. The molecule has 1 saturated heterocycles. The summed E-state index contributed by atoms with van der Waals surface area (Å²) in [6.07, 6.45) is 5.39. The summed E-state index contributed by atoms with van der Waals surface area (Å²) >= 11 is 6.11. The maximum absolute atomic E-state index is 13.0. The van der Waals surface area contributed by atoms with Gasteiger partial charge in [0.05, 0.1) is 12.5 Å². The van der Waals surface area contributed by atoms with Crippen molar-refractivity contribution in [3.63, 3.8) is 0 Å². The molecule has 0 radical (unpaired) electrons. The third-order valence-corrected chi connectivity index (χ3v) is 5.98. The average Bonchev–Trinajstić information content (AvgIpc) is 2.61. The molecule has 134 valence electrons. The van der Waals surface area contributed by atoms with E-state index in [4.69, 9.17) is 16.3 Å². The lowest BCUT2D eigenvalue weighted by molar-refractivity contribution is -0.129. The second kappa shape index (κ2) is 6.87. The number of nitrogens with one attached hydrogen (secondary N) is 2. The minimum atomic E-state index is -0.269. The normalized spacial score (nSPS) is 31.2. The fourth-order valence-corrected chi connectivity index (χ4v) is 4.70. The molecule has 1 aromatic carbocycles. The molecule has 2 fully saturated rings. The molecule has 0 spiro atoms. The SMILES string of the molecule is O=C1CC(NC(=O)C2CCOc3ccc(Cl)cc32)C2CCCCC2N1. The minimum Gasteiger partial charge on any atom is -0.493 e. The summed E-state index contributed by atoms with van der Waals surface area (Å²) in [7, 11) is 0. The molecule has 0 bridgehead atoms. The third kappa shape index (κ3) is 3.34. The highest BCUT2D eigenvalue weighted by molar-refractivity contribution is 6.30. The summed E-state index contributed by atoms with van der Waals surface area (Å²) in [6, 6.07) is 5.55. The molecule has 2 aliphatic heterocycles. The van der Waals surface area contributed by atoms with Crippen LogP contribution in [-0.2, 0) is 9.59 Å². The highest BCUT2D eigenvalue weighted by Crippen LogP contribution is 2.37. The fraction of sp³-hybridized carbons (Fsp3) is 0.579. The molecule has 2 heterocycles. The fourth-order valence-electron chi connectivity index (χ4n) is 4.52. The number of ether oxygens (including phenoxy) is 1. The van der Waals surface area contributed by atoms with Crippen LogP contribution in [0.3, 0.4) is 0 Å². The van der Waals surface area contributed by atoms with Gasteiger partial charge in [0, 0.05) is 29.1 Å². The Bertz CT molecular complexity index is 693. The monoisotopic (exact) mass is 362 g/mol. The van der Waals surface area contributed by atoms with E-state index in [2.05, 4.69) is 10.6 Å². The van der Waals surface area contributed by atoms with Crippen molar-refractivity contribution in [2.75, 3.05) is 6.61 Å². The number of carbonyl (C=O) groups is 2. The first-order chi connectivity index (χ1) is 12.1. The van der Waals surface area contributed by atoms with Gasteiger partial charge >= 0.3 is 0 Å². The van der Waals surface area contributed by atoms with Crippen molar-refractivity contribution in [2.24, 2.45) is 5.92 Å². The van der Waals surface area contributed by atoms with E-state index in [1.807, 2.05) is 12.1 Å². The Morgan fingerprint density at radius 3 is 2.96 bits per heavy atom. The van der Waals surface area contributed by atoms with E-state index in [1.165, 1.54) is 6.42 Å². The zero-order valence-electron chi connectivity index (χ0n) is 14.1. The van der Waals surface area contributed by atoms with Crippen LogP contribution in [0.2, 0.25) is 5.02 Å². The second-order valence-corrected chi connectivity index (χ2v) is 7.75. The lowest BCUT2D eigenvalue weighted by atomic mass is 9.76. The topological polar surface area (TPSA) is 67.4 Å². The van der Waals surface area contributed by atoms with Crippen molar-refractivity contribution < 1.29 is 14.3 Å². The smallest absolute Gasteiger partial charge is 0.228 e. The van der Waals surface area contributed by atoms with E-state index >= 15 is 0 Å². The highest BCUT2D eigenvalue weighted by atomic mass is 35.5. The van der Waals surface area contributed by atoms with Gasteiger partial charge in [-0.2, -0.15) is 0 Å². The number of piperidine rings is 1. The van der Waals surface area contributed by atoms with E-state index in [0.717, 1.165) is 30.6 Å². The second-order valence-electron chi connectivity index (χ2n) is 7.31. The van der Waals surface area contributed by atoms with Crippen molar-refractivity contribution in [3.8, 4) is 5.75 Å². The lowest BCUT2D eigenvalue weighted by Crippen LogP contribution is -2.58. The van der Waals surface area contributed by atoms with Crippen LogP contribution in [0.1, 0.15) is 50.0 Å². The van der Waals surface area contributed by atoms with Crippen LogP contribution in [0.5, 0.6) is 5.75 Å². The molecule has 4 rings (SSSR count). The van der Waals surface area contributed by atoms with E-state index < -0.39 is 0 Å². The molecule has 1 aromatic rings. The van der Waals surface area contributed by atoms with Crippen LogP contribution < -0.4 is 15.4 Å². The maximum Gasteiger partial charge on any atom is 0.228 e. The van der Waals surface area contributed by atoms with Gasteiger partial charge in [-0.05, 0) is 43.4 Å². The Labute approximate surface area is 152 Å². The van der Waals surface area contributed by atoms with Crippen LogP contribution in [0, 0.1) is 5.92 Å². The minimum absolute atomic E-state index is 0.0177. The molecule has 3 aliphatic rings. The van der Waals surface area contributed by atoms with E-state index in [-0.39, 0.29) is 29.8 Å². The Kier molecular flexibility index (Phi) is 4.59. The average molecular weight is 363 g/mol. The van der Waals surface area contributed by atoms with Gasteiger partial charge in [-0.3, -0.25) is 9.59 Å². The van der Waals surface area contributed by atoms with Crippen LogP contribution in [0.4, 0.5) is 0 Å². The standard InChI is InChI=1S/C19H23ClN2O3/c20-11-5-6-17-14(9-11)12(7-8-25-17)19(24)22-16-10-18(23)21-15-4-2-1-3-13(15)16/h5-6,9,12-13,15-16H,1-4,7-8,10H2,(H,21,23)(H,22,24). The quantitative estimate of drug-likeness (QED) is 0.850. The zero-order valence-corrected chi connectivity index (χ0v) is 14.8. The van der Waals surface area contributed by atoms with Gasteiger partial charge in [-0.25, -0.2) is 0 Å². The molecule has 25 heavy (non-hydrogen) atoms. The molecule has 2 amide bonds. The van der Waals surface area contributed by atoms with Crippen molar-refractivity contribution >= 4 is 23.4 Å². The van der Waals surface area contributed by atoms with Crippen LogP contribution in [0.25, 0.3) is 0 Å². The molecule has 0 aromatic heterocycles. The number of rotatable bonds is 2. The Balaban J connectivity index is 1.52. The summed E-state index contributed by atoms with van der Waals surface area (Å²) in [5, 5.41) is 6.88. The molecular formula is C19H23ClN2O3. The summed E-state index contributed by atoms with van der Waals surface area (Å²) in [4.78, 5) is 25.0. The first-order valence-corrected chi connectivity index (χ1v) is 9.51. The predicted molar refractivity (Wildman–Crippen MR) is 94.7 cm³/mol. The zero-order chi connectivity index (χ0) is 17.4. The van der Waals surface area contributed by atoms with Gasteiger partial charge in [0.1, 0.15) is 5.75 Å². The van der Waals surface area contributed by atoms with Crippen LogP contribution in [0.15, 0.2) is 18.2 Å². The van der Waals surface area contributed by atoms with E-state index in [1.54, 1.807) is 6.07 Å². The molecule has 5 nitrogen and oxygen atoms in total. The number of halogens is 1. The summed E-state index contributed by atoms with van der Waals surface area (Å²) in [6.45, 7) is 0.518. The molecule has 1 saturated carbocycles. The van der Waals surface area contributed by atoms with Crippen LogP contribution >= 0.6 is 11.6 Å². The van der Waals surface area contributed by atoms with Crippen LogP contribution in [-0.4, -0.2) is 30.5 Å². The van der Waals surface area contributed by atoms with Gasteiger partial charge in [-0.1, -0.05) is 24.4 Å². The number of hydrogen-bond acceptors (Lipinski definition) is 3. The van der Waals surface area contributed by atoms with Gasteiger partial charge in [0.15, 0.2) is 0 Å². The first kappa shape index (κ1) is 16.7. The van der Waals surface area contributed by atoms with Crippen molar-refractivity contribution in [3.05, 3.63) is 28.8 Å². The van der Waals surface area contributed by atoms with Crippen molar-refractivity contribution in [2.45, 2.75) is 56.5 Å². The van der Waals surface area contributed by atoms with Crippen molar-refractivity contribution in [1.29, 1.82) is 0 Å². The molecular weight excluding hydrogens is 340 g/mol. The summed E-state index contributed by atoms with van der Waals surface area (Å²) in [5.41, 5.74) is 0.844. The molecule has 1 aliphatic carbocycles. The number of benzene rings is 1. The Morgan fingerprint density at radius 1 is 1.24 bits per heavy atom. The van der Waals surface area contributed by atoms with Gasteiger partial charge in [0.25, 0.3) is 0 Å². The summed E-state index contributed by atoms with van der Waals surface area (Å²) in [5.74, 6) is 0.830. The Morgan fingerprint density at radius 2 is 2.08 bits per heavy atom. The summed E-state index contributed by atoms with van der Waals surface area (Å²) < 4.78 is 5.65. The van der Waals surface area contributed by atoms with E-state index in [9.17, 15) is 9.59 Å². The van der Waals surface area contributed by atoms with Gasteiger partial charge < -0.3 is 15.4 Å². The molecule has 2 N–H and O–H groups in total. The Hall–Kier alpha value is -1.75. The number of carbonyl (C=O) groups excluding carboxylic acids is 2. The van der Waals surface area contributed by atoms with Gasteiger partial charge in [0.2, 0.25) is 11.8 Å². The number of fused-ring (bicyclic) bond motifs is 2. The third-order valence-electron chi connectivity index (χ3n) is 5.74. The number of amides is 2.